The number of Topliss-reactive ketones (excluding diaryl/α,β-unsaturated/α-hetero) is 1. The van der Waals surface area contributed by atoms with Gasteiger partial charge >= 0.3 is 4.87 Å². The number of aromatic nitrogens is 1. The van der Waals surface area contributed by atoms with Crippen molar-refractivity contribution < 1.29 is 9.90 Å². The predicted molar refractivity (Wildman–Crippen MR) is 52.1 cm³/mol. The average molecular weight is 215 g/mol. The van der Waals surface area contributed by atoms with Gasteiger partial charge in [0.05, 0.1) is 0 Å². The summed E-state index contributed by atoms with van der Waals surface area (Å²) in [5.41, 5.74) is -1.12. The van der Waals surface area contributed by atoms with Crippen molar-refractivity contribution in [2.24, 2.45) is 0 Å². The Kier molecular flexibility index (Phi) is 3.19. The number of hydrogen-bond acceptors (Lipinski definition) is 5. The zero-order valence-electron chi connectivity index (χ0n) is 7.49. The average Bonchev–Trinajstić information content (AvgIpc) is 2.01. The third-order valence-electron chi connectivity index (χ3n) is 1.60. The molecule has 0 fully saturated rings. The normalized spacial score (nSPS) is 10.1. The van der Waals surface area contributed by atoms with Crippen LogP contribution in [0.4, 0.5) is 0 Å². The third-order valence-corrected chi connectivity index (χ3v) is 2.29. The van der Waals surface area contributed by atoms with E-state index in [0.29, 0.717) is 17.8 Å². The van der Waals surface area contributed by atoms with Crippen LogP contribution in [-0.4, -0.2) is 15.9 Å². The van der Waals surface area contributed by atoms with E-state index in [1.807, 2.05) is 4.98 Å². The Hall–Kier alpha value is -1.43. The first-order chi connectivity index (χ1) is 6.56. The molecule has 1 aromatic rings. The summed E-state index contributed by atoms with van der Waals surface area (Å²) in [6.07, 6.45) is 0.767. The maximum Gasteiger partial charge on any atom is 0.310 e. The lowest BCUT2D eigenvalue weighted by atomic mass is 10.1. The van der Waals surface area contributed by atoms with Gasteiger partial charge in [0.1, 0.15) is 5.56 Å². The largest absolute Gasteiger partial charge is 0.499 e. The molecule has 1 aromatic heterocycles. The second-order valence-corrected chi connectivity index (χ2v) is 3.66. The summed E-state index contributed by atoms with van der Waals surface area (Å²) >= 11 is 0.451. The van der Waals surface area contributed by atoms with Crippen LogP contribution in [-0.2, 0) is 0 Å². The first-order valence-corrected chi connectivity index (χ1v) is 4.87. The van der Waals surface area contributed by atoms with E-state index in [2.05, 4.69) is 0 Å². The van der Waals surface area contributed by atoms with Gasteiger partial charge in [0, 0.05) is 6.42 Å². The van der Waals surface area contributed by atoms with Crippen LogP contribution in [0, 0.1) is 0 Å². The number of ketones is 1. The van der Waals surface area contributed by atoms with Crippen LogP contribution in [0.1, 0.15) is 30.1 Å². The van der Waals surface area contributed by atoms with Crippen LogP contribution in [0.25, 0.3) is 0 Å². The molecule has 76 valence electrons. The molecule has 0 aromatic carbocycles. The molecular formula is C8H9NO4S. The maximum atomic E-state index is 11.3. The Morgan fingerprint density at radius 2 is 2.14 bits per heavy atom. The van der Waals surface area contributed by atoms with Crippen LogP contribution in [0.15, 0.2) is 9.59 Å². The Bertz CT molecular complexity index is 459. The molecule has 0 amide bonds. The summed E-state index contributed by atoms with van der Waals surface area (Å²) in [5, 5.41) is 8.74. The third kappa shape index (κ3) is 2.08. The van der Waals surface area contributed by atoms with Gasteiger partial charge in [-0.15, -0.1) is 0 Å². The highest BCUT2D eigenvalue weighted by molar-refractivity contribution is 7.11. The molecule has 1 heterocycles. The van der Waals surface area contributed by atoms with E-state index in [-0.39, 0.29) is 12.0 Å². The van der Waals surface area contributed by atoms with E-state index in [1.165, 1.54) is 0 Å². The van der Waals surface area contributed by atoms with Gasteiger partial charge in [-0.2, -0.15) is 0 Å². The monoisotopic (exact) mass is 215 g/mol. The number of nitrogens with one attached hydrogen (secondary N) is 1. The highest BCUT2D eigenvalue weighted by atomic mass is 32.1. The van der Waals surface area contributed by atoms with Crippen molar-refractivity contribution in [3.8, 4) is 5.06 Å². The molecule has 6 heteroatoms. The van der Waals surface area contributed by atoms with E-state index < -0.39 is 21.3 Å². The maximum absolute atomic E-state index is 11.3. The van der Waals surface area contributed by atoms with Crippen molar-refractivity contribution in [1.82, 2.24) is 4.98 Å². The van der Waals surface area contributed by atoms with Gasteiger partial charge in [-0.05, 0) is 17.8 Å². The molecule has 0 radical (unpaired) electrons. The highest BCUT2D eigenvalue weighted by Crippen LogP contribution is 2.16. The fraction of sp³-hybridized carbons (Fsp3) is 0.375. The lowest BCUT2D eigenvalue weighted by molar-refractivity contribution is 0.0978. The van der Waals surface area contributed by atoms with Gasteiger partial charge in [0.15, 0.2) is 10.8 Å². The molecule has 0 bridgehead atoms. The second kappa shape index (κ2) is 4.19. The zero-order chi connectivity index (χ0) is 10.7. The lowest BCUT2D eigenvalue weighted by Gasteiger charge is -1.98. The van der Waals surface area contributed by atoms with E-state index in [0.717, 1.165) is 0 Å². The molecular weight excluding hydrogens is 206 g/mol. The number of aromatic hydroxyl groups is 1. The van der Waals surface area contributed by atoms with E-state index >= 15 is 0 Å². The molecule has 0 aliphatic carbocycles. The molecule has 2 N–H and O–H groups in total. The standard InChI is InChI=1S/C8H9NO4S/c1-2-3-4(10)5-6(11)9-8(13)14-7(5)12/h12H,2-3H2,1H3,(H,9,11,13). The number of hydrogen-bond donors (Lipinski definition) is 2. The summed E-state index contributed by atoms with van der Waals surface area (Å²) in [4.78, 5) is 34.5. The van der Waals surface area contributed by atoms with Gasteiger partial charge < -0.3 is 5.11 Å². The molecule has 1 rings (SSSR count). The van der Waals surface area contributed by atoms with E-state index in [9.17, 15) is 19.5 Å². The molecule has 0 unspecified atom stereocenters. The number of H-pyrrole nitrogens is 1. The predicted octanol–water partition coefficient (Wildman–Crippen LogP) is 0.485. The minimum atomic E-state index is -0.815. The van der Waals surface area contributed by atoms with Gasteiger partial charge in [0.25, 0.3) is 5.56 Å². The van der Waals surface area contributed by atoms with Crippen molar-refractivity contribution in [1.29, 1.82) is 0 Å². The molecule has 5 nitrogen and oxygen atoms in total. The van der Waals surface area contributed by atoms with Crippen LogP contribution < -0.4 is 10.4 Å². The molecule has 0 atom stereocenters. The van der Waals surface area contributed by atoms with Crippen molar-refractivity contribution in [2.45, 2.75) is 19.8 Å². The Labute approximate surface area is 83.0 Å². The summed E-state index contributed by atoms with van der Waals surface area (Å²) in [6.45, 7) is 1.79. The molecule has 0 saturated carbocycles. The molecule has 0 spiro atoms. The van der Waals surface area contributed by atoms with Crippen LogP contribution in [0.3, 0.4) is 0 Å². The second-order valence-electron chi connectivity index (χ2n) is 2.70. The Balaban J connectivity index is 3.28. The topological polar surface area (TPSA) is 87.2 Å². The SMILES string of the molecule is CCCC(=O)c1c(O)sc(=O)[nH]c1=O. The van der Waals surface area contributed by atoms with Gasteiger partial charge in [-0.3, -0.25) is 19.4 Å². The van der Waals surface area contributed by atoms with Crippen LogP contribution in [0.5, 0.6) is 5.06 Å². The molecule has 0 aliphatic heterocycles. The number of carbonyl (C=O) groups is 1. The summed E-state index contributed by atoms with van der Waals surface area (Å²) in [5.74, 6) is -0.442. The Morgan fingerprint density at radius 3 is 2.64 bits per heavy atom. The van der Waals surface area contributed by atoms with Crippen LogP contribution in [0.2, 0.25) is 0 Å². The van der Waals surface area contributed by atoms with Crippen LogP contribution >= 0.6 is 11.3 Å². The van der Waals surface area contributed by atoms with E-state index in [1.54, 1.807) is 6.92 Å². The summed E-state index contributed by atoms with van der Waals surface area (Å²) in [7, 11) is 0. The summed E-state index contributed by atoms with van der Waals surface area (Å²) in [6, 6.07) is 0. The number of aromatic amines is 1. The van der Waals surface area contributed by atoms with Gasteiger partial charge in [-0.1, -0.05) is 6.92 Å². The molecule has 0 saturated heterocycles. The lowest BCUT2D eigenvalue weighted by Crippen LogP contribution is -2.23. The number of carbonyl (C=O) groups excluding carboxylic acids is 1. The zero-order valence-corrected chi connectivity index (χ0v) is 8.31. The van der Waals surface area contributed by atoms with Crippen molar-refractivity contribution in [2.75, 3.05) is 0 Å². The first-order valence-electron chi connectivity index (χ1n) is 4.05. The fourth-order valence-electron chi connectivity index (χ4n) is 1.01. The van der Waals surface area contributed by atoms with Gasteiger partial charge in [0.2, 0.25) is 0 Å². The highest BCUT2D eigenvalue weighted by Gasteiger charge is 2.16. The van der Waals surface area contributed by atoms with Crippen molar-refractivity contribution >= 4 is 17.1 Å². The smallest absolute Gasteiger partial charge is 0.310 e. The van der Waals surface area contributed by atoms with Crippen molar-refractivity contribution in [3.05, 3.63) is 25.6 Å². The summed E-state index contributed by atoms with van der Waals surface area (Å²) < 4.78 is 0. The molecule has 14 heavy (non-hydrogen) atoms. The molecule has 0 aliphatic rings. The minimum Gasteiger partial charge on any atom is -0.499 e. The van der Waals surface area contributed by atoms with E-state index in [4.69, 9.17) is 0 Å². The van der Waals surface area contributed by atoms with Crippen molar-refractivity contribution in [3.63, 3.8) is 0 Å². The van der Waals surface area contributed by atoms with Gasteiger partial charge in [-0.25, -0.2) is 0 Å². The first kappa shape index (κ1) is 10.6. The minimum absolute atomic E-state index is 0.182. The Morgan fingerprint density at radius 1 is 1.50 bits per heavy atom. The fourth-order valence-corrected chi connectivity index (χ4v) is 1.64. The number of rotatable bonds is 3. The quantitative estimate of drug-likeness (QED) is 0.718.